The molecule has 0 aromatic carbocycles. The maximum atomic E-state index is 12.6. The molecular formula is C11H13ClN2O5S. The molecule has 7 nitrogen and oxygen atoms in total. The number of hydrogen-bond acceptors (Lipinski definition) is 6. The van der Waals surface area contributed by atoms with Gasteiger partial charge in [-0.1, -0.05) is 11.6 Å². The van der Waals surface area contributed by atoms with Gasteiger partial charge in [0.25, 0.3) is 0 Å². The predicted molar refractivity (Wildman–Crippen MR) is 69.8 cm³/mol. The quantitative estimate of drug-likeness (QED) is 0.588. The standard InChI is InChI=1S/C11H13ClN2O5S/c1-18-11(15)8-7-19-6-5-14(8)20(16,17)9-3-2-4-13-10(9)12/h2-4,8H,5-7H2,1H3. The smallest absolute Gasteiger partial charge is 0.326 e. The Morgan fingerprint density at radius 1 is 1.60 bits per heavy atom. The van der Waals surface area contributed by atoms with Gasteiger partial charge in [-0.3, -0.25) is 4.79 Å². The van der Waals surface area contributed by atoms with E-state index in [4.69, 9.17) is 16.3 Å². The van der Waals surface area contributed by atoms with Crippen molar-refractivity contribution in [3.05, 3.63) is 23.5 Å². The van der Waals surface area contributed by atoms with Crippen LogP contribution in [-0.4, -0.2) is 56.6 Å². The normalized spacial score (nSPS) is 20.6. The Labute approximate surface area is 121 Å². The van der Waals surface area contributed by atoms with Gasteiger partial charge in [0.05, 0.1) is 20.3 Å². The van der Waals surface area contributed by atoms with Gasteiger partial charge < -0.3 is 9.47 Å². The summed E-state index contributed by atoms with van der Waals surface area (Å²) in [6, 6.07) is 1.79. The fraction of sp³-hybridized carbons (Fsp3) is 0.455. The highest BCUT2D eigenvalue weighted by molar-refractivity contribution is 7.89. The van der Waals surface area contributed by atoms with Crippen LogP contribution in [0.2, 0.25) is 5.15 Å². The number of pyridine rings is 1. The molecule has 0 N–H and O–H groups in total. The van der Waals surface area contributed by atoms with Crippen LogP contribution in [0.25, 0.3) is 0 Å². The Bertz CT molecular complexity index is 607. The minimum absolute atomic E-state index is 0.0489. The fourth-order valence-electron chi connectivity index (χ4n) is 1.89. The fourth-order valence-corrected chi connectivity index (χ4v) is 3.87. The van der Waals surface area contributed by atoms with Crippen LogP contribution >= 0.6 is 11.6 Å². The molecule has 1 aliphatic heterocycles. The number of rotatable bonds is 3. The predicted octanol–water partition coefficient (Wildman–Crippen LogP) is 0.298. The lowest BCUT2D eigenvalue weighted by Gasteiger charge is -2.32. The van der Waals surface area contributed by atoms with Crippen LogP contribution in [-0.2, 0) is 24.3 Å². The van der Waals surface area contributed by atoms with Gasteiger partial charge >= 0.3 is 5.97 Å². The van der Waals surface area contributed by atoms with Crippen molar-refractivity contribution in [2.75, 3.05) is 26.9 Å². The molecule has 1 unspecified atom stereocenters. The van der Waals surface area contributed by atoms with Crippen molar-refractivity contribution in [3.63, 3.8) is 0 Å². The van der Waals surface area contributed by atoms with E-state index in [0.717, 1.165) is 4.31 Å². The zero-order valence-corrected chi connectivity index (χ0v) is 12.2. The van der Waals surface area contributed by atoms with E-state index >= 15 is 0 Å². The molecule has 1 fully saturated rings. The van der Waals surface area contributed by atoms with Gasteiger partial charge in [0.2, 0.25) is 10.0 Å². The van der Waals surface area contributed by atoms with Crippen molar-refractivity contribution in [1.82, 2.24) is 9.29 Å². The van der Waals surface area contributed by atoms with Crippen LogP contribution in [0.5, 0.6) is 0 Å². The lowest BCUT2D eigenvalue weighted by molar-refractivity contribution is -0.149. The summed E-state index contributed by atoms with van der Waals surface area (Å²) in [6.45, 7) is 0.196. The number of methoxy groups -OCH3 is 1. The summed E-state index contributed by atoms with van der Waals surface area (Å²) in [5, 5.41) is -0.136. The topological polar surface area (TPSA) is 85.8 Å². The molecule has 110 valence electrons. The lowest BCUT2D eigenvalue weighted by atomic mass is 10.3. The van der Waals surface area contributed by atoms with Crippen molar-refractivity contribution in [2.24, 2.45) is 0 Å². The van der Waals surface area contributed by atoms with E-state index < -0.39 is 22.0 Å². The summed E-state index contributed by atoms with van der Waals surface area (Å²) in [4.78, 5) is 15.3. The molecule has 0 saturated carbocycles. The third-order valence-electron chi connectivity index (χ3n) is 2.86. The van der Waals surface area contributed by atoms with Crippen LogP contribution in [0.3, 0.4) is 0 Å². The Morgan fingerprint density at radius 2 is 2.35 bits per heavy atom. The average molecular weight is 321 g/mol. The van der Waals surface area contributed by atoms with Crippen LogP contribution in [0.4, 0.5) is 0 Å². The van der Waals surface area contributed by atoms with Crippen LogP contribution in [0, 0.1) is 0 Å². The summed E-state index contributed by atoms with van der Waals surface area (Å²) in [5.41, 5.74) is 0. The van der Waals surface area contributed by atoms with Crippen molar-refractivity contribution in [1.29, 1.82) is 0 Å². The highest BCUT2D eigenvalue weighted by atomic mass is 35.5. The minimum atomic E-state index is -3.94. The second-order valence-corrected chi connectivity index (χ2v) is 6.24. The number of aromatic nitrogens is 1. The van der Waals surface area contributed by atoms with E-state index in [2.05, 4.69) is 9.72 Å². The highest BCUT2D eigenvalue weighted by Gasteiger charge is 2.40. The maximum absolute atomic E-state index is 12.6. The van der Waals surface area contributed by atoms with Gasteiger partial charge in [-0.2, -0.15) is 4.31 Å². The third-order valence-corrected chi connectivity index (χ3v) is 5.22. The number of carbonyl (C=O) groups is 1. The number of halogens is 1. The first-order valence-corrected chi connectivity index (χ1v) is 7.58. The van der Waals surface area contributed by atoms with E-state index in [1.807, 2.05) is 0 Å². The molecular weight excluding hydrogens is 308 g/mol. The second-order valence-electron chi connectivity index (χ2n) is 4.02. The zero-order chi connectivity index (χ0) is 14.8. The Kier molecular flexibility index (Phi) is 4.59. The summed E-state index contributed by atoms with van der Waals surface area (Å²) < 4.78 is 35.9. The molecule has 20 heavy (non-hydrogen) atoms. The number of nitrogens with zero attached hydrogens (tertiary/aromatic N) is 2. The van der Waals surface area contributed by atoms with Crippen molar-refractivity contribution in [3.8, 4) is 0 Å². The molecule has 0 bridgehead atoms. The second kappa shape index (κ2) is 6.04. The van der Waals surface area contributed by atoms with Gasteiger partial charge in [-0.25, -0.2) is 13.4 Å². The number of esters is 1. The molecule has 1 atom stereocenters. The SMILES string of the molecule is COC(=O)C1COCCN1S(=O)(=O)c1cccnc1Cl. The molecule has 1 aliphatic rings. The summed E-state index contributed by atoms with van der Waals surface area (Å²) >= 11 is 5.82. The Hall–Kier alpha value is -1.22. The molecule has 9 heteroatoms. The van der Waals surface area contributed by atoms with Crippen LogP contribution in [0.15, 0.2) is 23.2 Å². The van der Waals surface area contributed by atoms with Crippen molar-refractivity contribution in [2.45, 2.75) is 10.9 Å². The number of carbonyl (C=O) groups excluding carboxylic acids is 1. The number of sulfonamides is 1. The molecule has 0 amide bonds. The molecule has 1 aromatic heterocycles. The lowest BCUT2D eigenvalue weighted by Crippen LogP contribution is -2.52. The van der Waals surface area contributed by atoms with Gasteiger partial charge in [0, 0.05) is 12.7 Å². The van der Waals surface area contributed by atoms with Gasteiger partial charge in [-0.15, -0.1) is 0 Å². The Balaban J connectivity index is 2.41. The number of morpholine rings is 1. The molecule has 1 aromatic rings. The molecule has 1 saturated heterocycles. The van der Waals surface area contributed by atoms with Crippen LogP contribution < -0.4 is 0 Å². The largest absolute Gasteiger partial charge is 0.468 e. The van der Waals surface area contributed by atoms with Crippen LogP contribution in [0.1, 0.15) is 0 Å². The highest BCUT2D eigenvalue weighted by Crippen LogP contribution is 2.25. The molecule has 2 heterocycles. The van der Waals surface area contributed by atoms with E-state index in [-0.39, 0.29) is 29.8 Å². The first-order valence-electron chi connectivity index (χ1n) is 5.76. The monoisotopic (exact) mass is 320 g/mol. The first-order chi connectivity index (χ1) is 9.48. The van der Waals surface area contributed by atoms with E-state index in [9.17, 15) is 13.2 Å². The maximum Gasteiger partial charge on any atom is 0.326 e. The summed E-state index contributed by atoms with van der Waals surface area (Å²) in [5.74, 6) is -0.673. The van der Waals surface area contributed by atoms with E-state index in [0.29, 0.717) is 0 Å². The zero-order valence-electron chi connectivity index (χ0n) is 10.7. The molecule has 0 spiro atoms. The Morgan fingerprint density at radius 3 is 3.00 bits per heavy atom. The average Bonchev–Trinajstić information content (AvgIpc) is 2.46. The van der Waals surface area contributed by atoms with Gasteiger partial charge in [0.15, 0.2) is 0 Å². The minimum Gasteiger partial charge on any atom is -0.468 e. The van der Waals surface area contributed by atoms with Gasteiger partial charge in [-0.05, 0) is 12.1 Å². The number of hydrogen-bond donors (Lipinski definition) is 0. The number of ether oxygens (including phenoxy) is 2. The summed E-state index contributed by atoms with van der Waals surface area (Å²) in [6.07, 6.45) is 1.39. The molecule has 0 radical (unpaired) electrons. The van der Waals surface area contributed by atoms with Gasteiger partial charge in [0.1, 0.15) is 16.1 Å². The van der Waals surface area contributed by atoms with E-state index in [1.54, 1.807) is 0 Å². The van der Waals surface area contributed by atoms with E-state index in [1.165, 1.54) is 25.4 Å². The first kappa shape index (κ1) is 15.2. The molecule has 2 rings (SSSR count). The van der Waals surface area contributed by atoms with Crippen molar-refractivity contribution >= 4 is 27.6 Å². The van der Waals surface area contributed by atoms with Crippen molar-refractivity contribution < 1.29 is 22.7 Å². The summed E-state index contributed by atoms with van der Waals surface area (Å²) in [7, 11) is -2.75. The molecule has 0 aliphatic carbocycles. The third kappa shape index (κ3) is 2.78.